The van der Waals surface area contributed by atoms with Crippen LogP contribution in [0.1, 0.15) is 135 Å². The second kappa shape index (κ2) is 16.9. The first-order valence-corrected chi connectivity index (χ1v) is 16.8. The SMILES string of the molecule is CCCCCCCCCC[C@H]1CC[C@H]([C@H]2CC[C@H](C(=O)Oc3ccc(-c4ncc(CCC)cn4)cc3)CC2)CC1. The lowest BCUT2D eigenvalue weighted by Gasteiger charge is -2.37. The van der Waals surface area contributed by atoms with Crippen molar-refractivity contribution < 1.29 is 9.53 Å². The van der Waals surface area contributed by atoms with Gasteiger partial charge in [0.1, 0.15) is 5.75 Å². The molecule has 0 atom stereocenters. The molecule has 0 amide bonds. The van der Waals surface area contributed by atoms with Crippen LogP contribution in [-0.4, -0.2) is 15.9 Å². The molecule has 0 saturated heterocycles. The predicted octanol–water partition coefficient (Wildman–Crippen LogP) is 10.1. The average Bonchev–Trinajstić information content (AvgIpc) is 3.00. The van der Waals surface area contributed by atoms with Crippen LogP contribution in [0.2, 0.25) is 0 Å². The number of hydrogen-bond donors (Lipinski definition) is 0. The van der Waals surface area contributed by atoms with Gasteiger partial charge < -0.3 is 4.74 Å². The molecule has 2 aromatic rings. The van der Waals surface area contributed by atoms with Gasteiger partial charge in [-0.1, -0.05) is 90.9 Å². The molecule has 2 aliphatic carbocycles. The zero-order valence-electron chi connectivity index (χ0n) is 25.4. The Hall–Kier alpha value is -2.23. The smallest absolute Gasteiger partial charge is 0.314 e. The van der Waals surface area contributed by atoms with Gasteiger partial charge in [-0.3, -0.25) is 4.79 Å². The summed E-state index contributed by atoms with van der Waals surface area (Å²) in [6.07, 6.45) is 28.8. The van der Waals surface area contributed by atoms with Gasteiger partial charge in [-0.2, -0.15) is 0 Å². The van der Waals surface area contributed by atoms with Crippen LogP contribution in [0.25, 0.3) is 11.4 Å². The number of unbranched alkanes of at least 4 members (excludes halogenated alkanes) is 7. The van der Waals surface area contributed by atoms with Crippen molar-refractivity contribution in [3.63, 3.8) is 0 Å². The van der Waals surface area contributed by atoms with E-state index in [4.69, 9.17) is 4.74 Å². The Morgan fingerprint density at radius 1 is 0.725 bits per heavy atom. The van der Waals surface area contributed by atoms with Crippen molar-refractivity contribution in [2.24, 2.45) is 23.7 Å². The van der Waals surface area contributed by atoms with Crippen LogP contribution in [0.5, 0.6) is 5.75 Å². The van der Waals surface area contributed by atoms with Crippen molar-refractivity contribution in [1.82, 2.24) is 9.97 Å². The van der Waals surface area contributed by atoms with Crippen molar-refractivity contribution in [1.29, 1.82) is 0 Å². The molecule has 1 aromatic carbocycles. The molecule has 0 radical (unpaired) electrons. The maximum absolute atomic E-state index is 12.9. The van der Waals surface area contributed by atoms with Crippen LogP contribution in [-0.2, 0) is 11.2 Å². The van der Waals surface area contributed by atoms with Crippen LogP contribution in [0, 0.1) is 23.7 Å². The van der Waals surface area contributed by atoms with Gasteiger partial charge in [-0.15, -0.1) is 0 Å². The largest absolute Gasteiger partial charge is 0.426 e. The van der Waals surface area contributed by atoms with Gasteiger partial charge in [-0.05, 0) is 92.5 Å². The van der Waals surface area contributed by atoms with Crippen molar-refractivity contribution in [3.8, 4) is 17.1 Å². The van der Waals surface area contributed by atoms with Crippen LogP contribution >= 0.6 is 0 Å². The third kappa shape index (κ3) is 9.70. The number of carbonyl (C=O) groups is 1. The van der Waals surface area contributed by atoms with Gasteiger partial charge in [0.15, 0.2) is 5.82 Å². The summed E-state index contributed by atoms with van der Waals surface area (Å²) in [5.41, 5.74) is 2.10. The molecule has 1 heterocycles. The fraction of sp³-hybridized carbons (Fsp3) is 0.694. The third-order valence-corrected chi connectivity index (χ3v) is 9.70. The lowest BCUT2D eigenvalue weighted by Crippen LogP contribution is -2.30. The van der Waals surface area contributed by atoms with Crippen LogP contribution < -0.4 is 4.74 Å². The molecule has 2 aliphatic rings. The molecule has 4 heteroatoms. The fourth-order valence-corrected chi connectivity index (χ4v) is 7.13. The number of benzene rings is 1. The zero-order chi connectivity index (χ0) is 28.0. The minimum atomic E-state index is -0.0551. The lowest BCUT2D eigenvalue weighted by molar-refractivity contribution is -0.140. The summed E-state index contributed by atoms with van der Waals surface area (Å²) in [6, 6.07) is 7.63. The Balaban J connectivity index is 1.11. The molecule has 0 bridgehead atoms. The molecule has 0 N–H and O–H groups in total. The molecule has 0 spiro atoms. The predicted molar refractivity (Wildman–Crippen MR) is 165 cm³/mol. The summed E-state index contributed by atoms with van der Waals surface area (Å²) in [7, 11) is 0. The topological polar surface area (TPSA) is 52.1 Å². The van der Waals surface area contributed by atoms with E-state index in [1.807, 2.05) is 36.7 Å². The summed E-state index contributed by atoms with van der Waals surface area (Å²) in [5, 5.41) is 0. The number of hydrogen-bond acceptors (Lipinski definition) is 4. The van der Waals surface area contributed by atoms with E-state index >= 15 is 0 Å². The summed E-state index contributed by atoms with van der Waals surface area (Å²) in [6.45, 7) is 4.45. The normalized spacial score (nSPS) is 23.1. The summed E-state index contributed by atoms with van der Waals surface area (Å²) >= 11 is 0. The number of nitrogens with zero attached hydrogens (tertiary/aromatic N) is 2. The highest BCUT2D eigenvalue weighted by atomic mass is 16.5. The average molecular weight is 547 g/mol. The number of esters is 1. The molecule has 2 saturated carbocycles. The lowest BCUT2D eigenvalue weighted by atomic mass is 9.68. The Kier molecular flexibility index (Phi) is 13.0. The second-order valence-corrected chi connectivity index (χ2v) is 12.8. The first-order valence-electron chi connectivity index (χ1n) is 16.8. The van der Waals surface area contributed by atoms with Crippen LogP contribution in [0.4, 0.5) is 0 Å². The Labute approximate surface area is 244 Å². The fourth-order valence-electron chi connectivity index (χ4n) is 7.13. The molecule has 1 aromatic heterocycles. The van der Waals surface area contributed by atoms with Crippen molar-refractivity contribution in [2.75, 3.05) is 0 Å². The van der Waals surface area contributed by atoms with E-state index in [2.05, 4.69) is 23.8 Å². The number of carbonyl (C=O) groups excluding carboxylic acids is 1. The summed E-state index contributed by atoms with van der Waals surface area (Å²) in [4.78, 5) is 21.9. The Morgan fingerprint density at radius 3 is 1.90 bits per heavy atom. The van der Waals surface area contributed by atoms with Gasteiger partial charge in [0.05, 0.1) is 5.92 Å². The number of aromatic nitrogens is 2. The van der Waals surface area contributed by atoms with E-state index in [9.17, 15) is 4.79 Å². The Bertz CT molecular complexity index is 971. The van der Waals surface area contributed by atoms with Gasteiger partial charge in [0.25, 0.3) is 0 Å². The van der Waals surface area contributed by atoms with Crippen molar-refractivity contribution >= 4 is 5.97 Å². The van der Waals surface area contributed by atoms with Gasteiger partial charge in [0.2, 0.25) is 0 Å². The highest BCUT2D eigenvalue weighted by molar-refractivity contribution is 5.75. The summed E-state index contributed by atoms with van der Waals surface area (Å²) < 4.78 is 5.79. The van der Waals surface area contributed by atoms with E-state index in [-0.39, 0.29) is 11.9 Å². The van der Waals surface area contributed by atoms with E-state index in [0.29, 0.717) is 11.6 Å². The van der Waals surface area contributed by atoms with Gasteiger partial charge in [-0.25, -0.2) is 9.97 Å². The molecule has 4 nitrogen and oxygen atoms in total. The first kappa shape index (κ1) is 30.7. The van der Waals surface area contributed by atoms with E-state index < -0.39 is 0 Å². The van der Waals surface area contributed by atoms with E-state index in [1.54, 1.807) is 0 Å². The minimum Gasteiger partial charge on any atom is -0.426 e. The van der Waals surface area contributed by atoms with Gasteiger partial charge in [0, 0.05) is 18.0 Å². The highest BCUT2D eigenvalue weighted by Gasteiger charge is 2.33. The molecule has 0 unspecified atom stereocenters. The molecule has 40 heavy (non-hydrogen) atoms. The number of ether oxygens (including phenoxy) is 1. The quantitative estimate of drug-likeness (QED) is 0.127. The molecule has 4 rings (SSSR count). The highest BCUT2D eigenvalue weighted by Crippen LogP contribution is 2.42. The monoisotopic (exact) mass is 546 g/mol. The van der Waals surface area contributed by atoms with E-state index in [1.165, 1.54) is 96.3 Å². The molecule has 0 aliphatic heterocycles. The maximum Gasteiger partial charge on any atom is 0.314 e. The van der Waals surface area contributed by atoms with Crippen molar-refractivity contribution in [2.45, 2.75) is 136 Å². The van der Waals surface area contributed by atoms with Gasteiger partial charge >= 0.3 is 5.97 Å². The molecular weight excluding hydrogens is 492 g/mol. The summed E-state index contributed by atoms with van der Waals surface area (Å²) in [5.74, 6) is 3.99. The van der Waals surface area contributed by atoms with E-state index in [0.717, 1.165) is 54.6 Å². The van der Waals surface area contributed by atoms with Crippen LogP contribution in [0.15, 0.2) is 36.7 Å². The standard InChI is InChI=1S/C36H54N2O2/c1-3-5-6-7-8-9-10-11-13-28-14-16-30(17-15-28)31-18-20-33(21-19-31)36(39)40-34-24-22-32(23-25-34)35-37-26-29(12-4-2)27-38-35/h22-28,30-31,33H,3-21H2,1-2H3/t28-,30-,31-,33-. The zero-order valence-corrected chi connectivity index (χ0v) is 25.4. The Morgan fingerprint density at radius 2 is 1.30 bits per heavy atom. The number of rotatable bonds is 15. The third-order valence-electron chi connectivity index (χ3n) is 9.70. The van der Waals surface area contributed by atoms with Crippen molar-refractivity contribution in [3.05, 3.63) is 42.2 Å². The van der Waals surface area contributed by atoms with Crippen LogP contribution in [0.3, 0.4) is 0 Å². The first-order chi connectivity index (χ1) is 19.7. The minimum absolute atomic E-state index is 0.0451. The second-order valence-electron chi connectivity index (χ2n) is 12.8. The molecular formula is C36H54N2O2. The number of aryl methyl sites for hydroxylation is 1. The molecule has 2 fully saturated rings. The molecule has 220 valence electrons. The maximum atomic E-state index is 12.9.